The van der Waals surface area contributed by atoms with Crippen molar-refractivity contribution in [2.75, 3.05) is 6.54 Å². The second-order valence-electron chi connectivity index (χ2n) is 5.31. The third-order valence-corrected chi connectivity index (χ3v) is 3.88. The molecule has 3 atom stereocenters. The molecule has 2 nitrogen and oxygen atoms in total. The first-order chi connectivity index (χ1) is 7.19. The molecule has 0 aromatic heterocycles. The van der Waals surface area contributed by atoms with E-state index in [0.29, 0.717) is 18.0 Å². The minimum atomic E-state index is 0.669. The number of hydrogen-bond donors (Lipinski definition) is 2. The largest absolute Gasteiger partial charge is 0.330 e. The Morgan fingerprint density at radius 1 is 1.27 bits per heavy atom. The molecule has 1 rings (SSSR count). The van der Waals surface area contributed by atoms with Gasteiger partial charge in [0.2, 0.25) is 0 Å². The average Bonchev–Trinajstić information content (AvgIpc) is 2.25. The maximum Gasteiger partial charge on any atom is 0.0110 e. The van der Waals surface area contributed by atoms with Crippen molar-refractivity contribution in [3.05, 3.63) is 0 Å². The number of rotatable bonds is 5. The molecule has 0 radical (unpaired) electrons. The molecule has 0 saturated heterocycles. The first kappa shape index (κ1) is 13.0. The van der Waals surface area contributed by atoms with Crippen molar-refractivity contribution in [3.63, 3.8) is 0 Å². The fourth-order valence-corrected chi connectivity index (χ4v) is 2.77. The second kappa shape index (κ2) is 6.49. The van der Waals surface area contributed by atoms with Gasteiger partial charge in [-0.05, 0) is 37.6 Å². The van der Waals surface area contributed by atoms with Crippen LogP contribution in [0.15, 0.2) is 0 Å². The van der Waals surface area contributed by atoms with Crippen LogP contribution in [-0.2, 0) is 0 Å². The molecule has 1 fully saturated rings. The van der Waals surface area contributed by atoms with Gasteiger partial charge in [0.25, 0.3) is 0 Å². The lowest BCUT2D eigenvalue weighted by molar-refractivity contribution is 0.225. The predicted molar refractivity (Wildman–Crippen MR) is 66.9 cm³/mol. The van der Waals surface area contributed by atoms with Crippen molar-refractivity contribution in [2.45, 2.75) is 65.0 Å². The van der Waals surface area contributed by atoms with Crippen LogP contribution in [0, 0.1) is 11.8 Å². The third kappa shape index (κ3) is 3.76. The molecule has 3 N–H and O–H groups in total. The van der Waals surface area contributed by atoms with Gasteiger partial charge >= 0.3 is 0 Å². The van der Waals surface area contributed by atoms with Crippen molar-refractivity contribution in [1.29, 1.82) is 0 Å². The highest BCUT2D eigenvalue weighted by molar-refractivity contribution is 4.84. The first-order valence-corrected chi connectivity index (χ1v) is 6.65. The molecule has 0 aromatic rings. The van der Waals surface area contributed by atoms with Gasteiger partial charge in [0.15, 0.2) is 0 Å². The minimum Gasteiger partial charge on any atom is -0.330 e. The van der Waals surface area contributed by atoms with E-state index in [0.717, 1.165) is 12.5 Å². The molecule has 2 heteroatoms. The Balaban J connectivity index is 2.46. The van der Waals surface area contributed by atoms with Crippen molar-refractivity contribution in [1.82, 2.24) is 5.32 Å². The van der Waals surface area contributed by atoms with Crippen LogP contribution in [0.3, 0.4) is 0 Å². The first-order valence-electron chi connectivity index (χ1n) is 6.65. The van der Waals surface area contributed by atoms with E-state index in [1.165, 1.54) is 32.1 Å². The van der Waals surface area contributed by atoms with Gasteiger partial charge in [0, 0.05) is 12.1 Å². The van der Waals surface area contributed by atoms with Crippen LogP contribution >= 0.6 is 0 Å². The van der Waals surface area contributed by atoms with Gasteiger partial charge in [0.1, 0.15) is 0 Å². The van der Waals surface area contributed by atoms with Crippen LogP contribution in [0.2, 0.25) is 0 Å². The zero-order valence-electron chi connectivity index (χ0n) is 10.6. The van der Waals surface area contributed by atoms with E-state index in [2.05, 4.69) is 26.1 Å². The highest BCUT2D eigenvalue weighted by Gasteiger charge is 2.26. The SMILES string of the molecule is CCC(NC1CCCCC1CN)C(C)C. The van der Waals surface area contributed by atoms with E-state index in [4.69, 9.17) is 5.73 Å². The molecule has 0 amide bonds. The highest BCUT2D eigenvalue weighted by atomic mass is 15.0. The molecule has 0 aliphatic heterocycles. The summed E-state index contributed by atoms with van der Waals surface area (Å²) in [6.45, 7) is 7.74. The predicted octanol–water partition coefficient (Wildman–Crippen LogP) is 2.53. The van der Waals surface area contributed by atoms with E-state index in [-0.39, 0.29) is 0 Å². The van der Waals surface area contributed by atoms with Crippen LogP contribution in [-0.4, -0.2) is 18.6 Å². The highest BCUT2D eigenvalue weighted by Crippen LogP contribution is 2.24. The summed E-state index contributed by atoms with van der Waals surface area (Å²) in [6, 6.07) is 1.35. The molecule has 1 saturated carbocycles. The van der Waals surface area contributed by atoms with E-state index in [1.54, 1.807) is 0 Å². The molecule has 3 unspecified atom stereocenters. The van der Waals surface area contributed by atoms with Crippen LogP contribution in [0.5, 0.6) is 0 Å². The molecule has 0 heterocycles. The van der Waals surface area contributed by atoms with Crippen LogP contribution in [0.25, 0.3) is 0 Å². The molecular weight excluding hydrogens is 184 g/mol. The van der Waals surface area contributed by atoms with Crippen LogP contribution in [0.4, 0.5) is 0 Å². The topological polar surface area (TPSA) is 38.0 Å². The summed E-state index contributed by atoms with van der Waals surface area (Å²) in [5.74, 6) is 1.45. The van der Waals surface area contributed by atoms with Crippen molar-refractivity contribution in [2.24, 2.45) is 17.6 Å². The lowest BCUT2D eigenvalue weighted by Crippen LogP contribution is -2.48. The third-order valence-electron chi connectivity index (χ3n) is 3.88. The average molecular weight is 212 g/mol. The van der Waals surface area contributed by atoms with E-state index in [9.17, 15) is 0 Å². The van der Waals surface area contributed by atoms with E-state index >= 15 is 0 Å². The smallest absolute Gasteiger partial charge is 0.0110 e. The maximum atomic E-state index is 5.85. The summed E-state index contributed by atoms with van der Waals surface area (Å²) in [5.41, 5.74) is 5.85. The zero-order valence-corrected chi connectivity index (χ0v) is 10.6. The fraction of sp³-hybridized carbons (Fsp3) is 1.00. The van der Waals surface area contributed by atoms with Crippen molar-refractivity contribution < 1.29 is 0 Å². The van der Waals surface area contributed by atoms with Gasteiger partial charge in [0.05, 0.1) is 0 Å². The molecule has 1 aliphatic rings. The lowest BCUT2D eigenvalue weighted by Gasteiger charge is -2.35. The summed E-state index contributed by atoms with van der Waals surface area (Å²) in [5, 5.41) is 3.83. The summed E-state index contributed by atoms with van der Waals surface area (Å²) in [7, 11) is 0. The van der Waals surface area contributed by atoms with Crippen LogP contribution in [0.1, 0.15) is 52.9 Å². The van der Waals surface area contributed by atoms with E-state index < -0.39 is 0 Å². The van der Waals surface area contributed by atoms with Gasteiger partial charge in [-0.25, -0.2) is 0 Å². The fourth-order valence-electron chi connectivity index (χ4n) is 2.77. The molecular formula is C13H28N2. The Kier molecular flexibility index (Phi) is 5.62. The Morgan fingerprint density at radius 3 is 2.47 bits per heavy atom. The second-order valence-corrected chi connectivity index (χ2v) is 5.31. The maximum absolute atomic E-state index is 5.85. The minimum absolute atomic E-state index is 0.669. The monoisotopic (exact) mass is 212 g/mol. The Hall–Kier alpha value is -0.0800. The normalized spacial score (nSPS) is 29.4. The molecule has 1 aliphatic carbocycles. The Bertz CT molecular complexity index is 168. The molecule has 90 valence electrons. The molecule has 0 aromatic carbocycles. The van der Waals surface area contributed by atoms with E-state index in [1.807, 2.05) is 0 Å². The molecule has 15 heavy (non-hydrogen) atoms. The Labute approximate surface area is 95.0 Å². The number of nitrogens with two attached hydrogens (primary N) is 1. The summed E-state index contributed by atoms with van der Waals surface area (Å²) in [4.78, 5) is 0. The van der Waals surface area contributed by atoms with Gasteiger partial charge in [-0.3, -0.25) is 0 Å². The van der Waals surface area contributed by atoms with Gasteiger partial charge in [-0.2, -0.15) is 0 Å². The molecule has 0 spiro atoms. The lowest BCUT2D eigenvalue weighted by atomic mass is 9.83. The van der Waals surface area contributed by atoms with Gasteiger partial charge in [-0.1, -0.05) is 33.6 Å². The van der Waals surface area contributed by atoms with Crippen molar-refractivity contribution in [3.8, 4) is 0 Å². The quantitative estimate of drug-likeness (QED) is 0.735. The Morgan fingerprint density at radius 2 is 1.93 bits per heavy atom. The van der Waals surface area contributed by atoms with Gasteiger partial charge in [-0.15, -0.1) is 0 Å². The van der Waals surface area contributed by atoms with Crippen molar-refractivity contribution >= 4 is 0 Å². The summed E-state index contributed by atoms with van der Waals surface area (Å²) >= 11 is 0. The summed E-state index contributed by atoms with van der Waals surface area (Å²) in [6.07, 6.45) is 6.63. The zero-order chi connectivity index (χ0) is 11.3. The summed E-state index contributed by atoms with van der Waals surface area (Å²) < 4.78 is 0. The van der Waals surface area contributed by atoms with Crippen LogP contribution < -0.4 is 11.1 Å². The number of nitrogens with one attached hydrogen (secondary N) is 1. The number of hydrogen-bond acceptors (Lipinski definition) is 2. The molecule has 0 bridgehead atoms. The standard InChI is InChI=1S/C13H28N2/c1-4-12(10(2)3)15-13-8-6-5-7-11(13)9-14/h10-13,15H,4-9,14H2,1-3H3. The van der Waals surface area contributed by atoms with Gasteiger partial charge < -0.3 is 11.1 Å².